The van der Waals surface area contributed by atoms with Crippen LogP contribution >= 0.6 is 0 Å². The number of amides is 1. The van der Waals surface area contributed by atoms with Crippen LogP contribution in [0.4, 0.5) is 0 Å². The minimum Gasteiger partial charge on any atom is -0.342 e. The number of rotatable bonds is 3. The van der Waals surface area contributed by atoms with E-state index in [1.807, 2.05) is 0 Å². The molecule has 1 spiro atoms. The lowest BCUT2D eigenvalue weighted by Gasteiger charge is -2.46. The first kappa shape index (κ1) is 16.1. The molecule has 2 atom stereocenters. The Bertz CT molecular complexity index is 593. The fourth-order valence-corrected chi connectivity index (χ4v) is 5.22. The Morgan fingerprint density at radius 1 is 1.25 bits per heavy atom. The van der Waals surface area contributed by atoms with Crippen molar-refractivity contribution in [1.82, 2.24) is 10.2 Å². The highest BCUT2D eigenvalue weighted by molar-refractivity contribution is 5.76. The third-order valence-corrected chi connectivity index (χ3v) is 6.55. The van der Waals surface area contributed by atoms with E-state index in [2.05, 4.69) is 34.5 Å². The van der Waals surface area contributed by atoms with Gasteiger partial charge in [-0.3, -0.25) is 4.79 Å². The molecule has 2 saturated heterocycles. The fourth-order valence-electron chi connectivity index (χ4n) is 5.22. The molecule has 2 fully saturated rings. The van der Waals surface area contributed by atoms with E-state index in [0.717, 1.165) is 45.4 Å². The molecule has 130 valence electrons. The van der Waals surface area contributed by atoms with E-state index in [4.69, 9.17) is 0 Å². The summed E-state index contributed by atoms with van der Waals surface area (Å²) in [6.07, 6.45) is 9.18. The van der Waals surface area contributed by atoms with Gasteiger partial charge in [0.15, 0.2) is 0 Å². The first-order chi connectivity index (χ1) is 11.8. The van der Waals surface area contributed by atoms with Gasteiger partial charge in [-0.1, -0.05) is 24.3 Å². The van der Waals surface area contributed by atoms with Crippen LogP contribution in [0.15, 0.2) is 24.3 Å². The van der Waals surface area contributed by atoms with Gasteiger partial charge >= 0.3 is 0 Å². The predicted molar refractivity (Wildman–Crippen MR) is 97.1 cm³/mol. The number of carbonyl (C=O) groups is 1. The van der Waals surface area contributed by atoms with Crippen molar-refractivity contribution in [3.8, 4) is 0 Å². The summed E-state index contributed by atoms with van der Waals surface area (Å²) >= 11 is 0. The number of nitrogens with one attached hydrogen (secondary N) is 1. The zero-order valence-corrected chi connectivity index (χ0v) is 14.7. The highest BCUT2D eigenvalue weighted by Gasteiger charge is 2.41. The summed E-state index contributed by atoms with van der Waals surface area (Å²) in [5.41, 5.74) is 3.29. The fraction of sp³-hybridized carbons (Fsp3) is 0.667. The van der Waals surface area contributed by atoms with Gasteiger partial charge in [0.1, 0.15) is 0 Å². The van der Waals surface area contributed by atoms with Gasteiger partial charge in [-0.15, -0.1) is 0 Å². The van der Waals surface area contributed by atoms with Crippen LogP contribution in [0.1, 0.15) is 56.1 Å². The SMILES string of the molecule is O=C(CCC1CCNC1)N1CCCC2(CCCc3ccccc32)C1. The van der Waals surface area contributed by atoms with Gasteiger partial charge in [-0.25, -0.2) is 0 Å². The Balaban J connectivity index is 1.45. The maximum absolute atomic E-state index is 12.8. The normalized spacial score (nSPS) is 29.7. The van der Waals surface area contributed by atoms with Crippen molar-refractivity contribution < 1.29 is 4.79 Å². The zero-order chi connectivity index (χ0) is 16.4. The number of nitrogens with zero attached hydrogens (tertiary/aromatic N) is 1. The van der Waals surface area contributed by atoms with Gasteiger partial charge in [-0.05, 0) is 75.1 Å². The Labute approximate surface area is 145 Å². The Kier molecular flexibility index (Phi) is 4.62. The van der Waals surface area contributed by atoms with Crippen LogP contribution in [0.5, 0.6) is 0 Å². The van der Waals surface area contributed by atoms with E-state index in [9.17, 15) is 4.79 Å². The average Bonchev–Trinajstić information content (AvgIpc) is 3.14. The number of hydrogen-bond acceptors (Lipinski definition) is 2. The molecule has 4 rings (SSSR count). The first-order valence-electron chi connectivity index (χ1n) is 9.84. The molecule has 1 N–H and O–H groups in total. The number of likely N-dealkylation sites (tertiary alicyclic amines) is 1. The molecular weight excluding hydrogens is 296 g/mol. The molecule has 0 saturated carbocycles. The molecule has 0 bridgehead atoms. The zero-order valence-electron chi connectivity index (χ0n) is 14.7. The maximum atomic E-state index is 12.8. The van der Waals surface area contributed by atoms with Crippen molar-refractivity contribution in [3.63, 3.8) is 0 Å². The number of carbonyl (C=O) groups excluding carboxylic acids is 1. The topological polar surface area (TPSA) is 32.3 Å². The van der Waals surface area contributed by atoms with Gasteiger partial charge in [0.2, 0.25) is 5.91 Å². The second-order valence-electron chi connectivity index (χ2n) is 8.11. The Morgan fingerprint density at radius 3 is 3.00 bits per heavy atom. The lowest BCUT2D eigenvalue weighted by Crippen LogP contribution is -2.49. The second-order valence-corrected chi connectivity index (χ2v) is 8.11. The van der Waals surface area contributed by atoms with Crippen molar-refractivity contribution >= 4 is 5.91 Å². The molecular formula is C21H30N2O. The lowest BCUT2D eigenvalue weighted by molar-refractivity contribution is -0.134. The average molecular weight is 326 g/mol. The minimum atomic E-state index is 0.234. The molecule has 1 aromatic carbocycles. The summed E-state index contributed by atoms with van der Waals surface area (Å²) in [6, 6.07) is 8.97. The minimum absolute atomic E-state index is 0.234. The molecule has 0 radical (unpaired) electrons. The molecule has 1 aliphatic carbocycles. The van der Waals surface area contributed by atoms with Gasteiger partial charge < -0.3 is 10.2 Å². The van der Waals surface area contributed by atoms with E-state index in [1.165, 1.54) is 43.2 Å². The lowest BCUT2D eigenvalue weighted by atomic mass is 9.66. The van der Waals surface area contributed by atoms with E-state index < -0.39 is 0 Å². The van der Waals surface area contributed by atoms with Gasteiger partial charge in [-0.2, -0.15) is 0 Å². The summed E-state index contributed by atoms with van der Waals surface area (Å²) in [7, 11) is 0. The van der Waals surface area contributed by atoms with Crippen molar-refractivity contribution in [2.24, 2.45) is 5.92 Å². The number of piperidine rings is 1. The summed E-state index contributed by atoms with van der Waals surface area (Å²) in [6.45, 7) is 4.14. The van der Waals surface area contributed by atoms with Crippen LogP contribution in [0.25, 0.3) is 0 Å². The number of fused-ring (bicyclic) bond motifs is 2. The van der Waals surface area contributed by atoms with E-state index in [-0.39, 0.29) is 5.41 Å². The summed E-state index contributed by atoms with van der Waals surface area (Å²) < 4.78 is 0. The summed E-state index contributed by atoms with van der Waals surface area (Å²) in [5, 5.41) is 3.41. The molecule has 3 nitrogen and oxygen atoms in total. The first-order valence-corrected chi connectivity index (χ1v) is 9.84. The van der Waals surface area contributed by atoms with Crippen molar-refractivity contribution in [1.29, 1.82) is 0 Å². The molecule has 2 aliphatic heterocycles. The number of aryl methyl sites for hydroxylation is 1. The molecule has 2 unspecified atom stereocenters. The third-order valence-electron chi connectivity index (χ3n) is 6.55. The summed E-state index contributed by atoms with van der Waals surface area (Å²) in [4.78, 5) is 15.0. The van der Waals surface area contributed by atoms with Crippen LogP contribution in [0.3, 0.4) is 0 Å². The Morgan fingerprint density at radius 2 is 2.12 bits per heavy atom. The predicted octanol–water partition coefficient (Wildman–Crippen LogP) is 3.27. The maximum Gasteiger partial charge on any atom is 0.222 e. The highest BCUT2D eigenvalue weighted by atomic mass is 16.2. The van der Waals surface area contributed by atoms with E-state index in [0.29, 0.717) is 11.8 Å². The third kappa shape index (κ3) is 3.11. The summed E-state index contributed by atoms with van der Waals surface area (Å²) in [5.74, 6) is 1.10. The molecule has 0 aromatic heterocycles. The molecule has 24 heavy (non-hydrogen) atoms. The van der Waals surface area contributed by atoms with Crippen LogP contribution in [-0.2, 0) is 16.6 Å². The van der Waals surface area contributed by atoms with Gasteiger partial charge in [0, 0.05) is 24.9 Å². The quantitative estimate of drug-likeness (QED) is 0.924. The number of benzene rings is 1. The van der Waals surface area contributed by atoms with Crippen molar-refractivity contribution in [2.75, 3.05) is 26.2 Å². The molecule has 1 amide bonds. The van der Waals surface area contributed by atoms with Gasteiger partial charge in [0.25, 0.3) is 0 Å². The Hall–Kier alpha value is -1.35. The second kappa shape index (κ2) is 6.87. The van der Waals surface area contributed by atoms with Crippen LogP contribution in [-0.4, -0.2) is 37.0 Å². The smallest absolute Gasteiger partial charge is 0.222 e. The van der Waals surface area contributed by atoms with Crippen LogP contribution in [0.2, 0.25) is 0 Å². The van der Waals surface area contributed by atoms with Crippen molar-refractivity contribution in [2.45, 2.75) is 56.8 Å². The standard InChI is InChI=1S/C21H30N2O/c24-20(9-8-17-10-13-22-15-17)23-14-4-12-21(16-23)11-3-6-18-5-1-2-7-19(18)21/h1-2,5,7,17,22H,3-4,6,8-16H2. The van der Waals surface area contributed by atoms with E-state index >= 15 is 0 Å². The van der Waals surface area contributed by atoms with Crippen LogP contribution in [0, 0.1) is 5.92 Å². The molecule has 1 aromatic rings. The molecule has 2 heterocycles. The monoisotopic (exact) mass is 326 g/mol. The van der Waals surface area contributed by atoms with Gasteiger partial charge in [0.05, 0.1) is 0 Å². The van der Waals surface area contributed by atoms with Crippen LogP contribution < -0.4 is 5.32 Å². The number of hydrogen-bond donors (Lipinski definition) is 1. The largest absolute Gasteiger partial charge is 0.342 e. The molecule has 3 aliphatic rings. The van der Waals surface area contributed by atoms with Crippen molar-refractivity contribution in [3.05, 3.63) is 35.4 Å². The molecule has 3 heteroatoms. The van der Waals surface area contributed by atoms with E-state index in [1.54, 1.807) is 0 Å². The highest BCUT2D eigenvalue weighted by Crippen LogP contribution is 2.43.